The van der Waals surface area contributed by atoms with Gasteiger partial charge in [-0.05, 0) is 54.3 Å². The first kappa shape index (κ1) is 26.0. The Balaban J connectivity index is 1.48. The Hall–Kier alpha value is -3.21. The van der Waals surface area contributed by atoms with Crippen molar-refractivity contribution in [1.82, 2.24) is 10.4 Å². The quantitative estimate of drug-likeness (QED) is 0.261. The zero-order valence-electron chi connectivity index (χ0n) is 21.0. The van der Waals surface area contributed by atoms with Crippen molar-refractivity contribution in [2.45, 2.75) is 42.9 Å². The number of nitrogens with one attached hydrogen (secondary N) is 2. The van der Waals surface area contributed by atoms with Gasteiger partial charge in [0.2, 0.25) is 5.91 Å². The summed E-state index contributed by atoms with van der Waals surface area (Å²) in [6, 6.07) is 11.3. The SMILES string of the molecule is COC(=O)c1ccc(C2C[C@@H]3N[C@@]4(C(=O)Nc5cc(Cl)ccc54)[C@@H](c4cccc(Cl)c4F)[C@@H]3N2O)c(N)c1C. The summed E-state index contributed by atoms with van der Waals surface area (Å²) in [4.78, 5) is 25.9. The maximum absolute atomic E-state index is 15.7. The molecule has 3 aliphatic heterocycles. The molecule has 0 aliphatic carbocycles. The highest BCUT2D eigenvalue weighted by Crippen LogP contribution is 2.58. The molecule has 39 heavy (non-hydrogen) atoms. The fraction of sp³-hybridized carbons (Fsp3) is 0.286. The molecule has 2 saturated heterocycles. The van der Waals surface area contributed by atoms with E-state index in [9.17, 15) is 14.8 Å². The molecular formula is C28H25Cl2FN4O4. The number of hydrogen-bond acceptors (Lipinski definition) is 7. The number of nitrogens with two attached hydrogens (primary N) is 1. The van der Waals surface area contributed by atoms with Gasteiger partial charge >= 0.3 is 5.97 Å². The molecule has 3 aliphatic rings. The number of hydrogen-bond donors (Lipinski definition) is 4. The van der Waals surface area contributed by atoms with Gasteiger partial charge in [0.1, 0.15) is 11.4 Å². The Bertz CT molecular complexity index is 1550. The van der Waals surface area contributed by atoms with Crippen molar-refractivity contribution >= 4 is 46.5 Å². The first-order valence-corrected chi connectivity index (χ1v) is 13.1. The van der Waals surface area contributed by atoms with Gasteiger partial charge in [0.15, 0.2) is 0 Å². The molecule has 202 valence electrons. The number of benzene rings is 3. The van der Waals surface area contributed by atoms with Crippen LogP contribution in [0.5, 0.6) is 0 Å². The molecule has 11 heteroatoms. The van der Waals surface area contributed by atoms with Crippen LogP contribution in [0.25, 0.3) is 0 Å². The number of halogens is 3. The van der Waals surface area contributed by atoms with Gasteiger partial charge in [-0.1, -0.05) is 47.5 Å². The van der Waals surface area contributed by atoms with Gasteiger partial charge in [-0.25, -0.2) is 9.18 Å². The number of methoxy groups -OCH3 is 1. The van der Waals surface area contributed by atoms with Crippen molar-refractivity contribution in [3.63, 3.8) is 0 Å². The summed E-state index contributed by atoms with van der Waals surface area (Å²) in [7, 11) is 1.29. The third-order valence-corrected chi connectivity index (χ3v) is 8.90. The highest BCUT2D eigenvalue weighted by Gasteiger charge is 2.66. The fourth-order valence-electron chi connectivity index (χ4n) is 6.63. The van der Waals surface area contributed by atoms with E-state index < -0.39 is 41.4 Å². The number of amides is 1. The Labute approximate surface area is 233 Å². The largest absolute Gasteiger partial charge is 0.465 e. The fourth-order valence-corrected chi connectivity index (χ4v) is 6.98. The van der Waals surface area contributed by atoms with Crippen LogP contribution in [-0.4, -0.2) is 41.3 Å². The number of hydroxylamine groups is 2. The lowest BCUT2D eigenvalue weighted by molar-refractivity contribution is -0.143. The van der Waals surface area contributed by atoms with Gasteiger partial charge < -0.3 is 21.0 Å². The molecule has 5 atom stereocenters. The molecule has 2 fully saturated rings. The van der Waals surface area contributed by atoms with Gasteiger partial charge in [-0.2, -0.15) is 5.06 Å². The molecule has 3 aromatic rings. The molecule has 6 rings (SSSR count). The summed E-state index contributed by atoms with van der Waals surface area (Å²) in [5.74, 6) is -2.41. The summed E-state index contributed by atoms with van der Waals surface area (Å²) in [6.45, 7) is 1.71. The number of anilines is 2. The van der Waals surface area contributed by atoms with E-state index in [-0.39, 0.29) is 16.5 Å². The summed E-state index contributed by atoms with van der Waals surface area (Å²) < 4.78 is 20.5. The Kier molecular flexibility index (Phi) is 6.13. The van der Waals surface area contributed by atoms with Crippen LogP contribution < -0.4 is 16.4 Å². The Morgan fingerprint density at radius 3 is 2.72 bits per heavy atom. The first-order valence-electron chi connectivity index (χ1n) is 12.4. The van der Waals surface area contributed by atoms with E-state index in [1.54, 1.807) is 49.4 Å². The number of nitrogens with zero attached hydrogens (tertiary/aromatic N) is 1. The summed E-state index contributed by atoms with van der Waals surface area (Å²) in [5.41, 5.74) is 8.22. The van der Waals surface area contributed by atoms with E-state index in [0.29, 0.717) is 45.1 Å². The third-order valence-electron chi connectivity index (χ3n) is 8.38. The molecule has 3 aromatic carbocycles. The first-order chi connectivity index (χ1) is 18.6. The number of fused-ring (bicyclic) bond motifs is 3. The summed E-state index contributed by atoms with van der Waals surface area (Å²) in [6.07, 6.45) is 0.360. The second-order valence-electron chi connectivity index (χ2n) is 10.2. The zero-order valence-corrected chi connectivity index (χ0v) is 22.5. The number of rotatable bonds is 3. The van der Waals surface area contributed by atoms with Gasteiger partial charge in [-0.15, -0.1) is 0 Å². The number of carbonyl (C=O) groups excluding carboxylic acids is 2. The minimum atomic E-state index is -1.39. The van der Waals surface area contributed by atoms with Gasteiger partial charge in [0.25, 0.3) is 0 Å². The lowest BCUT2D eigenvalue weighted by Crippen LogP contribution is -2.50. The second kappa shape index (κ2) is 9.18. The molecule has 0 radical (unpaired) electrons. The lowest BCUT2D eigenvalue weighted by atomic mass is 9.74. The highest BCUT2D eigenvalue weighted by atomic mass is 35.5. The molecule has 1 amide bonds. The Morgan fingerprint density at radius 1 is 1.21 bits per heavy atom. The predicted molar refractivity (Wildman–Crippen MR) is 145 cm³/mol. The average molecular weight is 571 g/mol. The Morgan fingerprint density at radius 2 is 1.97 bits per heavy atom. The molecule has 0 saturated carbocycles. The molecular weight excluding hydrogens is 546 g/mol. The molecule has 5 N–H and O–H groups in total. The van der Waals surface area contributed by atoms with Crippen molar-refractivity contribution in [2.24, 2.45) is 0 Å². The average Bonchev–Trinajstić information content (AvgIpc) is 3.50. The minimum Gasteiger partial charge on any atom is -0.465 e. The maximum Gasteiger partial charge on any atom is 0.338 e. The van der Waals surface area contributed by atoms with Crippen LogP contribution in [0.3, 0.4) is 0 Å². The zero-order chi connectivity index (χ0) is 27.8. The van der Waals surface area contributed by atoms with Gasteiger partial charge in [-0.3, -0.25) is 10.1 Å². The van der Waals surface area contributed by atoms with E-state index in [1.807, 2.05) is 0 Å². The van der Waals surface area contributed by atoms with Crippen LogP contribution in [0.1, 0.15) is 51.0 Å². The number of esters is 1. The number of carbonyl (C=O) groups is 2. The third kappa shape index (κ3) is 3.61. The molecule has 0 aromatic heterocycles. The van der Waals surface area contributed by atoms with E-state index in [4.69, 9.17) is 33.7 Å². The monoisotopic (exact) mass is 570 g/mol. The van der Waals surface area contributed by atoms with Crippen LogP contribution in [0, 0.1) is 12.7 Å². The summed E-state index contributed by atoms with van der Waals surface area (Å²) >= 11 is 12.4. The summed E-state index contributed by atoms with van der Waals surface area (Å²) in [5, 5.41) is 19.6. The van der Waals surface area contributed by atoms with Crippen LogP contribution in [0.4, 0.5) is 15.8 Å². The maximum atomic E-state index is 15.7. The van der Waals surface area contributed by atoms with Crippen LogP contribution >= 0.6 is 23.2 Å². The molecule has 1 unspecified atom stereocenters. The predicted octanol–water partition coefficient (Wildman–Crippen LogP) is 4.92. The van der Waals surface area contributed by atoms with Crippen molar-refractivity contribution in [3.8, 4) is 0 Å². The van der Waals surface area contributed by atoms with Crippen LogP contribution in [0.15, 0.2) is 48.5 Å². The molecule has 0 bridgehead atoms. The standard InChI is InChI=1S/C28H25Cl2FN4O4/c1-12-14(26(36)39-2)7-8-15(24(12)32)21-11-20-25(35(21)38)22(16-4-3-5-18(30)23(16)31)28(34-20)17-9-6-13(29)10-19(17)33-27(28)37/h3-10,20-22,25,34,38H,11,32H2,1-2H3,(H,33,37)/t20-,21?,22-,25+,28+/m0/s1. The van der Waals surface area contributed by atoms with Crippen molar-refractivity contribution in [2.75, 3.05) is 18.2 Å². The van der Waals surface area contributed by atoms with E-state index >= 15 is 4.39 Å². The van der Waals surface area contributed by atoms with E-state index in [2.05, 4.69) is 10.6 Å². The smallest absolute Gasteiger partial charge is 0.338 e. The van der Waals surface area contributed by atoms with Crippen molar-refractivity contribution in [1.29, 1.82) is 0 Å². The van der Waals surface area contributed by atoms with Gasteiger partial charge in [0.05, 0.1) is 29.8 Å². The molecule has 8 nitrogen and oxygen atoms in total. The normalized spacial score (nSPS) is 27.5. The van der Waals surface area contributed by atoms with Crippen LogP contribution in [0.2, 0.25) is 10.0 Å². The van der Waals surface area contributed by atoms with Crippen molar-refractivity contribution in [3.05, 3.63) is 92.2 Å². The van der Waals surface area contributed by atoms with Crippen molar-refractivity contribution < 1.29 is 23.9 Å². The minimum absolute atomic E-state index is 0.0851. The van der Waals surface area contributed by atoms with Gasteiger partial charge in [0, 0.05) is 33.9 Å². The highest BCUT2D eigenvalue weighted by molar-refractivity contribution is 6.31. The number of ether oxygens (including phenoxy) is 1. The van der Waals surface area contributed by atoms with E-state index in [0.717, 1.165) is 5.06 Å². The van der Waals surface area contributed by atoms with E-state index in [1.165, 1.54) is 13.2 Å². The lowest BCUT2D eigenvalue weighted by Gasteiger charge is -2.36. The van der Waals surface area contributed by atoms with Crippen LogP contribution in [-0.2, 0) is 15.1 Å². The second-order valence-corrected chi connectivity index (χ2v) is 11.0. The molecule has 3 heterocycles. The molecule has 1 spiro atoms. The topological polar surface area (TPSA) is 117 Å². The number of nitrogen functional groups attached to an aromatic ring is 1.